The van der Waals surface area contributed by atoms with Gasteiger partial charge in [-0.1, -0.05) is 66.7 Å². The molecule has 0 N–H and O–H groups in total. The molecule has 20 heavy (non-hydrogen) atoms. The van der Waals surface area contributed by atoms with Crippen LogP contribution in [0.15, 0.2) is 66.7 Å². The van der Waals surface area contributed by atoms with E-state index in [1.54, 1.807) is 0 Å². The molecule has 1 aliphatic rings. The first-order valence-electron chi connectivity index (χ1n) is 7.48. The Morgan fingerprint density at radius 3 is 2.50 bits per heavy atom. The van der Waals surface area contributed by atoms with Gasteiger partial charge in [-0.15, -0.1) is 0 Å². The van der Waals surface area contributed by atoms with E-state index in [9.17, 15) is 0 Å². The predicted octanol–water partition coefficient (Wildman–Crippen LogP) is 5.31. The van der Waals surface area contributed by atoms with Crippen LogP contribution in [0.5, 0.6) is 0 Å². The molecule has 0 spiro atoms. The van der Waals surface area contributed by atoms with Gasteiger partial charge in [0.2, 0.25) is 0 Å². The zero-order valence-corrected chi connectivity index (χ0v) is 11.5. The highest BCUT2D eigenvalue weighted by Gasteiger charge is 2.21. The van der Waals surface area contributed by atoms with Crippen LogP contribution in [0.25, 0.3) is 10.8 Å². The topological polar surface area (TPSA) is 0 Å². The Morgan fingerprint density at radius 1 is 0.750 bits per heavy atom. The SMILES string of the molecule is c1ccc2c(c1)CCC[C@H]2c1ccc2ccccc2c1. The largest absolute Gasteiger partial charge is 0.0620 e. The summed E-state index contributed by atoms with van der Waals surface area (Å²) >= 11 is 0. The maximum Gasteiger partial charge on any atom is 0.00924 e. The van der Waals surface area contributed by atoms with Gasteiger partial charge in [0.25, 0.3) is 0 Å². The van der Waals surface area contributed by atoms with Crippen LogP contribution in [0, 0.1) is 0 Å². The van der Waals surface area contributed by atoms with Gasteiger partial charge in [-0.2, -0.15) is 0 Å². The van der Waals surface area contributed by atoms with E-state index in [1.165, 1.54) is 46.7 Å². The summed E-state index contributed by atoms with van der Waals surface area (Å²) in [5, 5.41) is 2.69. The van der Waals surface area contributed by atoms with E-state index in [1.807, 2.05) is 0 Å². The van der Waals surface area contributed by atoms with Crippen molar-refractivity contribution in [2.24, 2.45) is 0 Å². The van der Waals surface area contributed by atoms with Gasteiger partial charge in [0, 0.05) is 5.92 Å². The van der Waals surface area contributed by atoms with E-state index in [4.69, 9.17) is 0 Å². The first-order valence-corrected chi connectivity index (χ1v) is 7.48. The first-order chi connectivity index (χ1) is 9.92. The van der Waals surface area contributed by atoms with E-state index in [2.05, 4.69) is 66.7 Å². The minimum absolute atomic E-state index is 0.574. The smallest absolute Gasteiger partial charge is 0.00924 e. The van der Waals surface area contributed by atoms with Gasteiger partial charge < -0.3 is 0 Å². The molecule has 0 amide bonds. The molecule has 0 bridgehead atoms. The third-order valence-electron chi connectivity index (χ3n) is 4.55. The molecule has 0 heteroatoms. The Bertz CT molecular complexity index is 755. The van der Waals surface area contributed by atoms with Crippen LogP contribution in [0.2, 0.25) is 0 Å². The van der Waals surface area contributed by atoms with Crippen molar-refractivity contribution >= 4 is 10.8 Å². The second kappa shape index (κ2) is 4.79. The molecule has 0 aromatic heterocycles. The van der Waals surface area contributed by atoms with Crippen molar-refractivity contribution in [1.82, 2.24) is 0 Å². The highest BCUT2D eigenvalue weighted by atomic mass is 14.2. The molecule has 4 rings (SSSR count). The Kier molecular flexibility index (Phi) is 2.81. The molecule has 0 unspecified atom stereocenters. The van der Waals surface area contributed by atoms with Gasteiger partial charge in [0.15, 0.2) is 0 Å². The third-order valence-corrected chi connectivity index (χ3v) is 4.55. The summed E-state index contributed by atoms with van der Waals surface area (Å²) in [6.45, 7) is 0. The lowest BCUT2D eigenvalue weighted by Crippen LogP contribution is -2.10. The van der Waals surface area contributed by atoms with Crippen molar-refractivity contribution in [3.8, 4) is 0 Å². The lowest BCUT2D eigenvalue weighted by molar-refractivity contribution is 0.616. The van der Waals surface area contributed by atoms with Gasteiger partial charge in [-0.05, 0) is 46.7 Å². The summed E-state index contributed by atoms with van der Waals surface area (Å²) in [6, 6.07) is 24.6. The minimum Gasteiger partial charge on any atom is -0.0620 e. The van der Waals surface area contributed by atoms with Crippen molar-refractivity contribution < 1.29 is 0 Å². The summed E-state index contributed by atoms with van der Waals surface area (Å²) in [5.74, 6) is 0.574. The van der Waals surface area contributed by atoms with Crippen LogP contribution in [0.3, 0.4) is 0 Å². The maximum atomic E-state index is 2.38. The molecule has 0 saturated heterocycles. The molecule has 0 fully saturated rings. The van der Waals surface area contributed by atoms with Crippen molar-refractivity contribution in [3.63, 3.8) is 0 Å². The number of aryl methyl sites for hydroxylation is 1. The van der Waals surface area contributed by atoms with Crippen LogP contribution < -0.4 is 0 Å². The van der Waals surface area contributed by atoms with Crippen molar-refractivity contribution in [3.05, 3.63) is 83.4 Å². The fourth-order valence-electron chi connectivity index (χ4n) is 3.52. The zero-order valence-electron chi connectivity index (χ0n) is 11.5. The monoisotopic (exact) mass is 258 g/mol. The zero-order chi connectivity index (χ0) is 13.4. The number of fused-ring (bicyclic) bond motifs is 2. The van der Waals surface area contributed by atoms with Crippen molar-refractivity contribution in [1.29, 1.82) is 0 Å². The Balaban J connectivity index is 1.84. The average molecular weight is 258 g/mol. The summed E-state index contributed by atoms with van der Waals surface area (Å²) in [6.07, 6.45) is 3.81. The lowest BCUT2D eigenvalue weighted by atomic mass is 9.78. The highest BCUT2D eigenvalue weighted by Crippen LogP contribution is 2.37. The Labute approximate surface area is 120 Å². The van der Waals surface area contributed by atoms with Crippen molar-refractivity contribution in [2.75, 3.05) is 0 Å². The van der Waals surface area contributed by atoms with E-state index in [0.29, 0.717) is 5.92 Å². The molecule has 0 aliphatic heterocycles. The summed E-state index contributed by atoms with van der Waals surface area (Å²) in [7, 11) is 0. The Hall–Kier alpha value is -2.08. The lowest BCUT2D eigenvalue weighted by Gasteiger charge is -2.26. The van der Waals surface area contributed by atoms with Crippen LogP contribution >= 0.6 is 0 Å². The van der Waals surface area contributed by atoms with E-state index >= 15 is 0 Å². The number of benzene rings is 3. The molecule has 1 aliphatic carbocycles. The molecular formula is C20H18. The second-order valence-electron chi connectivity index (χ2n) is 5.75. The van der Waals surface area contributed by atoms with Gasteiger partial charge in [-0.25, -0.2) is 0 Å². The average Bonchev–Trinajstić information content (AvgIpc) is 2.54. The van der Waals surface area contributed by atoms with Crippen LogP contribution in [-0.4, -0.2) is 0 Å². The fraction of sp³-hybridized carbons (Fsp3) is 0.200. The van der Waals surface area contributed by atoms with E-state index in [0.717, 1.165) is 0 Å². The molecule has 0 radical (unpaired) electrons. The normalized spacial score (nSPS) is 17.9. The maximum absolute atomic E-state index is 2.38. The third kappa shape index (κ3) is 1.92. The molecule has 0 nitrogen and oxygen atoms in total. The molecule has 0 saturated carbocycles. The highest BCUT2D eigenvalue weighted by molar-refractivity contribution is 5.83. The standard InChI is InChI=1S/C20H18/c1-2-8-17-14-18(13-12-15(17)6-1)20-11-5-9-16-7-3-4-10-19(16)20/h1-4,6-8,10,12-14,20H,5,9,11H2/t20-/m0/s1. The van der Waals surface area contributed by atoms with Gasteiger partial charge in [-0.3, -0.25) is 0 Å². The summed E-state index contributed by atoms with van der Waals surface area (Å²) < 4.78 is 0. The molecule has 0 heterocycles. The minimum atomic E-state index is 0.574. The molecule has 3 aromatic carbocycles. The molecule has 1 atom stereocenters. The van der Waals surface area contributed by atoms with Gasteiger partial charge in [0.05, 0.1) is 0 Å². The van der Waals surface area contributed by atoms with Crippen LogP contribution in [-0.2, 0) is 6.42 Å². The first kappa shape index (κ1) is 11.7. The number of hydrogen-bond donors (Lipinski definition) is 0. The molecule has 3 aromatic rings. The van der Waals surface area contributed by atoms with Gasteiger partial charge in [0.1, 0.15) is 0 Å². The van der Waals surface area contributed by atoms with E-state index < -0.39 is 0 Å². The quantitative estimate of drug-likeness (QED) is 0.555. The van der Waals surface area contributed by atoms with E-state index in [-0.39, 0.29) is 0 Å². The molecular weight excluding hydrogens is 240 g/mol. The fourth-order valence-corrected chi connectivity index (χ4v) is 3.52. The van der Waals surface area contributed by atoms with Crippen molar-refractivity contribution in [2.45, 2.75) is 25.2 Å². The second-order valence-corrected chi connectivity index (χ2v) is 5.75. The van der Waals surface area contributed by atoms with Crippen LogP contribution in [0.4, 0.5) is 0 Å². The number of hydrogen-bond acceptors (Lipinski definition) is 0. The number of rotatable bonds is 1. The Morgan fingerprint density at radius 2 is 1.55 bits per heavy atom. The molecule has 98 valence electrons. The van der Waals surface area contributed by atoms with Gasteiger partial charge >= 0.3 is 0 Å². The summed E-state index contributed by atoms with van der Waals surface area (Å²) in [5.41, 5.74) is 4.54. The predicted molar refractivity (Wildman–Crippen MR) is 85.2 cm³/mol. The van der Waals surface area contributed by atoms with Crippen LogP contribution in [0.1, 0.15) is 35.4 Å². The summed E-state index contributed by atoms with van der Waals surface area (Å²) in [4.78, 5) is 0.